The number of aromatic nitrogens is 3. The molecule has 1 atom stereocenters. The Hall–Kier alpha value is -3.23. The molecule has 0 radical (unpaired) electrons. The highest BCUT2D eigenvalue weighted by molar-refractivity contribution is 7.12. The summed E-state index contributed by atoms with van der Waals surface area (Å²) in [5.74, 6) is 0.460. The maximum Gasteiger partial charge on any atom is 0.306 e. The number of fused-ring (bicyclic) bond motifs is 1. The van der Waals surface area contributed by atoms with Crippen LogP contribution in [-0.2, 0) is 34.0 Å². The van der Waals surface area contributed by atoms with Gasteiger partial charge in [0.1, 0.15) is 11.3 Å². The Balaban J connectivity index is 1.58. The van der Waals surface area contributed by atoms with Crippen LogP contribution in [0.3, 0.4) is 0 Å². The lowest BCUT2D eigenvalue weighted by Gasteiger charge is -2.17. The van der Waals surface area contributed by atoms with Crippen molar-refractivity contribution >= 4 is 28.3 Å². The highest BCUT2D eigenvalue weighted by Crippen LogP contribution is 2.38. The standard InChI is InChI=1S/C27H31N3O4S/c1-6-30-24-12-11-22(17(2)27(24)28-29-30)23(14-26(31)33-5)25-13-20(18(3)35-25)16-34-15-19-7-9-21(32-4)10-8-19/h7-13,23H,6,14-16H2,1-5H3. The molecule has 2 aromatic carbocycles. The van der Waals surface area contributed by atoms with Gasteiger partial charge in [-0.1, -0.05) is 23.4 Å². The van der Waals surface area contributed by atoms with Crippen molar-refractivity contribution in [3.8, 4) is 5.75 Å². The smallest absolute Gasteiger partial charge is 0.306 e. The number of rotatable bonds is 10. The molecule has 0 saturated carbocycles. The molecule has 184 valence electrons. The number of hydrogen-bond acceptors (Lipinski definition) is 7. The van der Waals surface area contributed by atoms with Crippen LogP contribution in [0.5, 0.6) is 5.75 Å². The minimum absolute atomic E-state index is 0.127. The first-order valence-electron chi connectivity index (χ1n) is 11.6. The molecule has 0 bridgehead atoms. The number of hydrogen-bond donors (Lipinski definition) is 0. The average molecular weight is 494 g/mol. The number of carbonyl (C=O) groups excluding carboxylic acids is 1. The van der Waals surface area contributed by atoms with Crippen molar-refractivity contribution in [1.82, 2.24) is 15.0 Å². The summed E-state index contributed by atoms with van der Waals surface area (Å²) in [4.78, 5) is 14.7. The maximum atomic E-state index is 12.4. The Labute approximate surface area is 209 Å². The van der Waals surface area contributed by atoms with Crippen molar-refractivity contribution in [3.05, 3.63) is 74.5 Å². The Bertz CT molecular complexity index is 1310. The number of aryl methyl sites for hydroxylation is 3. The largest absolute Gasteiger partial charge is 0.497 e. The van der Waals surface area contributed by atoms with Gasteiger partial charge in [-0.2, -0.15) is 0 Å². The van der Waals surface area contributed by atoms with E-state index in [1.54, 1.807) is 18.4 Å². The van der Waals surface area contributed by atoms with E-state index in [0.717, 1.165) is 50.5 Å². The lowest BCUT2D eigenvalue weighted by atomic mass is 9.89. The van der Waals surface area contributed by atoms with Crippen LogP contribution >= 0.6 is 11.3 Å². The molecule has 2 heterocycles. The van der Waals surface area contributed by atoms with Crippen LogP contribution in [0.15, 0.2) is 42.5 Å². The molecule has 0 N–H and O–H groups in total. The lowest BCUT2D eigenvalue weighted by Crippen LogP contribution is -2.10. The van der Waals surface area contributed by atoms with Gasteiger partial charge in [-0.05, 0) is 67.3 Å². The van der Waals surface area contributed by atoms with Crippen molar-refractivity contribution in [3.63, 3.8) is 0 Å². The Kier molecular flexibility index (Phi) is 7.83. The van der Waals surface area contributed by atoms with Gasteiger partial charge < -0.3 is 14.2 Å². The highest BCUT2D eigenvalue weighted by atomic mass is 32.1. The second-order valence-corrected chi connectivity index (χ2v) is 9.74. The minimum atomic E-state index is -0.241. The van der Waals surface area contributed by atoms with Crippen molar-refractivity contribution in [2.45, 2.75) is 52.9 Å². The summed E-state index contributed by atoms with van der Waals surface area (Å²) < 4.78 is 18.1. The Morgan fingerprint density at radius 2 is 1.86 bits per heavy atom. The van der Waals surface area contributed by atoms with E-state index in [4.69, 9.17) is 14.2 Å². The molecule has 0 fully saturated rings. The molecule has 0 aliphatic carbocycles. The number of methoxy groups -OCH3 is 2. The third kappa shape index (κ3) is 5.39. The van der Waals surface area contributed by atoms with E-state index in [1.165, 1.54) is 12.0 Å². The van der Waals surface area contributed by atoms with Gasteiger partial charge in [-0.3, -0.25) is 4.79 Å². The molecule has 35 heavy (non-hydrogen) atoms. The number of thiophene rings is 1. The summed E-state index contributed by atoms with van der Waals surface area (Å²) in [5.41, 5.74) is 6.20. The number of benzene rings is 2. The van der Waals surface area contributed by atoms with Crippen LogP contribution in [0.2, 0.25) is 0 Å². The molecule has 4 rings (SSSR count). The predicted octanol–water partition coefficient (Wildman–Crippen LogP) is 5.55. The third-order valence-corrected chi connectivity index (χ3v) is 7.53. The number of nitrogens with zero attached hydrogens (tertiary/aromatic N) is 3. The first kappa shape index (κ1) is 24.9. The van der Waals surface area contributed by atoms with Crippen LogP contribution in [0.4, 0.5) is 0 Å². The number of esters is 1. The van der Waals surface area contributed by atoms with E-state index >= 15 is 0 Å². The second-order valence-electron chi connectivity index (χ2n) is 8.46. The Morgan fingerprint density at radius 3 is 2.54 bits per heavy atom. The molecule has 2 aromatic heterocycles. The third-order valence-electron chi connectivity index (χ3n) is 6.32. The van der Waals surface area contributed by atoms with Crippen LogP contribution in [-0.4, -0.2) is 35.2 Å². The molecular weight excluding hydrogens is 462 g/mol. The van der Waals surface area contributed by atoms with E-state index in [1.807, 2.05) is 41.9 Å². The van der Waals surface area contributed by atoms with Crippen molar-refractivity contribution in [1.29, 1.82) is 0 Å². The zero-order chi connectivity index (χ0) is 24.9. The molecule has 0 saturated heterocycles. The number of ether oxygens (including phenoxy) is 3. The van der Waals surface area contributed by atoms with Crippen LogP contribution < -0.4 is 4.74 Å². The lowest BCUT2D eigenvalue weighted by molar-refractivity contribution is -0.140. The van der Waals surface area contributed by atoms with Gasteiger partial charge in [0.05, 0.1) is 39.4 Å². The summed E-state index contributed by atoms with van der Waals surface area (Å²) in [5, 5.41) is 8.67. The monoisotopic (exact) mass is 493 g/mol. The van der Waals surface area contributed by atoms with E-state index in [9.17, 15) is 4.79 Å². The van der Waals surface area contributed by atoms with Crippen molar-refractivity contribution < 1.29 is 19.0 Å². The summed E-state index contributed by atoms with van der Waals surface area (Å²) >= 11 is 1.70. The second kappa shape index (κ2) is 11.0. The fraction of sp³-hybridized carbons (Fsp3) is 0.370. The molecule has 0 spiro atoms. The molecule has 8 heteroatoms. The topological polar surface area (TPSA) is 75.5 Å². The molecule has 0 aliphatic rings. The van der Waals surface area contributed by atoms with E-state index < -0.39 is 0 Å². The Morgan fingerprint density at radius 1 is 1.09 bits per heavy atom. The molecule has 4 aromatic rings. The van der Waals surface area contributed by atoms with Gasteiger partial charge in [0.25, 0.3) is 0 Å². The number of carbonyl (C=O) groups is 1. The van der Waals surface area contributed by atoms with E-state index in [-0.39, 0.29) is 18.3 Å². The maximum absolute atomic E-state index is 12.4. The molecule has 0 amide bonds. The zero-order valence-electron chi connectivity index (χ0n) is 20.8. The molecule has 7 nitrogen and oxygen atoms in total. The molecule has 0 aliphatic heterocycles. The van der Waals surface area contributed by atoms with Gasteiger partial charge in [0.15, 0.2) is 0 Å². The average Bonchev–Trinajstić information content (AvgIpc) is 3.47. The van der Waals surface area contributed by atoms with Crippen LogP contribution in [0.1, 0.15) is 51.3 Å². The summed E-state index contributed by atoms with van der Waals surface area (Å²) in [7, 11) is 3.09. The van der Waals surface area contributed by atoms with Gasteiger partial charge in [0, 0.05) is 22.2 Å². The van der Waals surface area contributed by atoms with E-state index in [2.05, 4.69) is 36.3 Å². The van der Waals surface area contributed by atoms with Crippen LogP contribution in [0.25, 0.3) is 11.0 Å². The van der Waals surface area contributed by atoms with Gasteiger partial charge in [0.2, 0.25) is 0 Å². The van der Waals surface area contributed by atoms with E-state index in [0.29, 0.717) is 13.2 Å². The fourth-order valence-corrected chi connectivity index (χ4v) is 5.42. The zero-order valence-corrected chi connectivity index (χ0v) is 21.6. The first-order chi connectivity index (χ1) is 16.9. The minimum Gasteiger partial charge on any atom is -0.497 e. The molecular formula is C27H31N3O4S. The van der Waals surface area contributed by atoms with Gasteiger partial charge in [-0.25, -0.2) is 4.68 Å². The summed E-state index contributed by atoms with van der Waals surface area (Å²) in [6, 6.07) is 14.2. The van der Waals surface area contributed by atoms with Crippen molar-refractivity contribution in [2.24, 2.45) is 0 Å². The quantitative estimate of drug-likeness (QED) is 0.270. The first-order valence-corrected chi connectivity index (χ1v) is 12.5. The van der Waals surface area contributed by atoms with Gasteiger partial charge >= 0.3 is 5.97 Å². The fourth-order valence-electron chi connectivity index (χ4n) is 4.27. The SMILES string of the molecule is CCn1nnc2c(C)c(C(CC(=O)OC)c3cc(COCc4ccc(OC)cc4)c(C)s3)ccc21. The summed E-state index contributed by atoms with van der Waals surface area (Å²) in [6.45, 7) is 7.97. The summed E-state index contributed by atoms with van der Waals surface area (Å²) in [6.07, 6.45) is 0.261. The van der Waals surface area contributed by atoms with Crippen LogP contribution in [0, 0.1) is 13.8 Å². The van der Waals surface area contributed by atoms with Gasteiger partial charge in [-0.15, -0.1) is 16.4 Å². The predicted molar refractivity (Wildman–Crippen MR) is 137 cm³/mol. The highest BCUT2D eigenvalue weighted by Gasteiger charge is 2.25. The van der Waals surface area contributed by atoms with Crippen molar-refractivity contribution in [2.75, 3.05) is 14.2 Å². The molecule has 1 unspecified atom stereocenters. The normalized spacial score (nSPS) is 12.1.